The number of carbonyl (C=O) groups is 2. The van der Waals surface area contributed by atoms with Gasteiger partial charge < -0.3 is 27.0 Å². The number of alkyl halides is 1. The van der Waals surface area contributed by atoms with Crippen molar-refractivity contribution in [2.75, 3.05) is 26.2 Å². The fourth-order valence-corrected chi connectivity index (χ4v) is 6.00. The molecule has 10 heteroatoms. The zero-order valence-electron chi connectivity index (χ0n) is 23.5. The predicted octanol–water partition coefficient (Wildman–Crippen LogP) is 4.45. The number of hydrogen-bond donors (Lipinski definition) is 4. The van der Waals surface area contributed by atoms with Gasteiger partial charge in [0.1, 0.15) is 0 Å². The molecule has 3 aromatic carbocycles. The molecule has 1 saturated heterocycles. The fraction of sp³-hybridized carbons (Fsp3) is 0.344. The first-order chi connectivity index (χ1) is 20.3. The number of hydrogen-bond acceptors (Lipinski definition) is 4. The van der Waals surface area contributed by atoms with E-state index >= 15 is 0 Å². The Bertz CT molecular complexity index is 1310. The first-order valence-electron chi connectivity index (χ1n) is 14.2. The van der Waals surface area contributed by atoms with Crippen molar-refractivity contribution in [1.82, 2.24) is 15.5 Å². The van der Waals surface area contributed by atoms with Crippen LogP contribution < -0.4 is 22.1 Å². The summed E-state index contributed by atoms with van der Waals surface area (Å²) in [4.78, 5) is 33.0. The van der Waals surface area contributed by atoms with Crippen molar-refractivity contribution in [1.29, 1.82) is 0 Å². The van der Waals surface area contributed by atoms with Crippen LogP contribution in [0.2, 0.25) is 5.02 Å². The Hall–Kier alpha value is -3.15. The van der Waals surface area contributed by atoms with Gasteiger partial charge in [-0.05, 0) is 54.2 Å². The lowest BCUT2D eigenvalue weighted by Gasteiger charge is -2.29. The van der Waals surface area contributed by atoms with Crippen LogP contribution in [0, 0.1) is 0 Å². The average molecular weight is 701 g/mol. The molecule has 2 atom stereocenters. The van der Waals surface area contributed by atoms with Gasteiger partial charge in [0.25, 0.3) is 5.91 Å². The number of halogens is 2. The van der Waals surface area contributed by atoms with Gasteiger partial charge in [-0.25, -0.2) is 0 Å². The lowest BCUT2D eigenvalue weighted by atomic mass is 9.90. The van der Waals surface area contributed by atoms with E-state index in [0.29, 0.717) is 56.0 Å². The summed E-state index contributed by atoms with van der Waals surface area (Å²) in [6.45, 7) is 1.96. The molecule has 1 aliphatic rings. The summed E-state index contributed by atoms with van der Waals surface area (Å²) in [5.74, 6) is -0.0650. The Labute approximate surface area is 266 Å². The molecule has 6 N–H and O–H groups in total. The van der Waals surface area contributed by atoms with Gasteiger partial charge in [0.05, 0.1) is 6.04 Å². The number of amides is 2. The zero-order chi connectivity index (χ0) is 29.9. The molecule has 0 aliphatic carbocycles. The number of nitrogens with two attached hydrogens (primary N) is 2. The molecule has 0 spiro atoms. The SMILES string of the molecule is NC(N)=NCCC[C@@H]1N[C@H](CNC(=O)c2cc(Cl)cc(CI)c2)CCN(CC(c2ccccc2)c2ccccc2)C1=O. The maximum Gasteiger partial charge on any atom is 0.251 e. The van der Waals surface area contributed by atoms with E-state index in [-0.39, 0.29) is 29.7 Å². The van der Waals surface area contributed by atoms with Crippen molar-refractivity contribution in [3.8, 4) is 0 Å². The summed E-state index contributed by atoms with van der Waals surface area (Å²) in [6, 6.07) is 25.5. The third kappa shape index (κ3) is 9.17. The second-order valence-corrected chi connectivity index (χ2v) is 11.7. The summed E-state index contributed by atoms with van der Waals surface area (Å²) in [5.41, 5.74) is 14.9. The number of carbonyl (C=O) groups excluding carboxylic acids is 2. The first-order valence-corrected chi connectivity index (χ1v) is 16.1. The molecule has 222 valence electrons. The van der Waals surface area contributed by atoms with Crippen molar-refractivity contribution in [3.63, 3.8) is 0 Å². The molecule has 0 radical (unpaired) electrons. The summed E-state index contributed by atoms with van der Waals surface area (Å²) in [7, 11) is 0. The maximum atomic E-state index is 14.0. The molecule has 2 amide bonds. The summed E-state index contributed by atoms with van der Waals surface area (Å²) < 4.78 is 0.759. The van der Waals surface area contributed by atoms with Crippen LogP contribution in [0.1, 0.15) is 52.2 Å². The molecule has 1 fully saturated rings. The van der Waals surface area contributed by atoms with Crippen LogP contribution in [0.4, 0.5) is 0 Å². The number of nitrogens with one attached hydrogen (secondary N) is 2. The molecule has 0 bridgehead atoms. The van der Waals surface area contributed by atoms with E-state index in [0.717, 1.165) is 21.1 Å². The Morgan fingerprint density at radius 1 is 1.07 bits per heavy atom. The van der Waals surface area contributed by atoms with Crippen molar-refractivity contribution in [2.24, 2.45) is 16.5 Å². The third-order valence-corrected chi connectivity index (χ3v) is 8.53. The first kappa shape index (κ1) is 31.8. The fourth-order valence-electron chi connectivity index (χ4n) is 5.30. The highest BCUT2D eigenvalue weighted by Crippen LogP contribution is 2.27. The molecule has 0 unspecified atom stereocenters. The van der Waals surface area contributed by atoms with Crippen molar-refractivity contribution < 1.29 is 9.59 Å². The molecule has 8 nitrogen and oxygen atoms in total. The number of nitrogens with zero attached hydrogens (tertiary/aromatic N) is 2. The van der Waals surface area contributed by atoms with Gasteiger partial charge >= 0.3 is 0 Å². The van der Waals surface area contributed by atoms with E-state index in [1.54, 1.807) is 6.07 Å². The molecular weight excluding hydrogens is 663 g/mol. The Balaban J connectivity index is 1.51. The lowest BCUT2D eigenvalue weighted by molar-refractivity contribution is -0.133. The molecule has 0 aromatic heterocycles. The molecule has 42 heavy (non-hydrogen) atoms. The number of rotatable bonds is 12. The van der Waals surface area contributed by atoms with Gasteiger partial charge in [0.2, 0.25) is 5.91 Å². The number of benzene rings is 3. The second-order valence-electron chi connectivity index (χ2n) is 10.5. The minimum atomic E-state index is -0.424. The van der Waals surface area contributed by atoms with Gasteiger partial charge in [0, 0.05) is 53.2 Å². The number of aliphatic imine (C=N–C) groups is 1. The molecule has 1 aliphatic heterocycles. The van der Waals surface area contributed by atoms with Crippen LogP contribution in [0.25, 0.3) is 0 Å². The lowest BCUT2D eigenvalue weighted by Crippen LogP contribution is -2.49. The van der Waals surface area contributed by atoms with E-state index < -0.39 is 6.04 Å². The number of guanidine groups is 1. The average Bonchev–Trinajstić information content (AvgIpc) is 3.15. The monoisotopic (exact) mass is 700 g/mol. The van der Waals surface area contributed by atoms with Crippen LogP contribution in [0.15, 0.2) is 83.9 Å². The maximum absolute atomic E-state index is 14.0. The Morgan fingerprint density at radius 2 is 1.74 bits per heavy atom. The Morgan fingerprint density at radius 3 is 2.36 bits per heavy atom. The normalized spacial score (nSPS) is 17.1. The smallest absolute Gasteiger partial charge is 0.251 e. The summed E-state index contributed by atoms with van der Waals surface area (Å²) in [6.07, 6.45) is 1.92. The van der Waals surface area contributed by atoms with E-state index in [2.05, 4.69) is 62.5 Å². The van der Waals surface area contributed by atoms with E-state index in [1.165, 1.54) is 0 Å². The van der Waals surface area contributed by atoms with Crippen LogP contribution in [0.3, 0.4) is 0 Å². The topological polar surface area (TPSA) is 126 Å². The predicted molar refractivity (Wildman–Crippen MR) is 178 cm³/mol. The van der Waals surface area contributed by atoms with Gasteiger partial charge in [-0.15, -0.1) is 0 Å². The molecule has 3 aromatic rings. The van der Waals surface area contributed by atoms with Crippen molar-refractivity contribution >= 4 is 52.0 Å². The van der Waals surface area contributed by atoms with Crippen LogP contribution in [-0.2, 0) is 9.22 Å². The molecule has 4 rings (SSSR count). The zero-order valence-corrected chi connectivity index (χ0v) is 26.4. The van der Waals surface area contributed by atoms with E-state index in [9.17, 15) is 9.59 Å². The van der Waals surface area contributed by atoms with E-state index in [4.69, 9.17) is 23.1 Å². The largest absolute Gasteiger partial charge is 0.370 e. The highest BCUT2D eigenvalue weighted by molar-refractivity contribution is 14.1. The van der Waals surface area contributed by atoms with Gasteiger partial charge in [-0.2, -0.15) is 0 Å². The van der Waals surface area contributed by atoms with Gasteiger partial charge in [0.15, 0.2) is 5.96 Å². The summed E-state index contributed by atoms with van der Waals surface area (Å²) >= 11 is 8.49. The Kier molecular flexibility index (Phi) is 12.0. The quantitative estimate of drug-likeness (QED) is 0.0731. The summed E-state index contributed by atoms with van der Waals surface area (Å²) in [5, 5.41) is 7.12. The van der Waals surface area contributed by atoms with Crippen LogP contribution >= 0.6 is 34.2 Å². The highest BCUT2D eigenvalue weighted by Gasteiger charge is 2.32. The minimum Gasteiger partial charge on any atom is -0.370 e. The van der Waals surface area contributed by atoms with Gasteiger partial charge in [-0.1, -0.05) is 94.9 Å². The third-order valence-electron chi connectivity index (χ3n) is 7.43. The standard InChI is InChI=1S/C32H38ClIN6O2/c33-26-17-22(19-34)16-25(18-26)30(41)38-20-27-13-15-40(31(42)29(39-27)12-7-14-37-32(35)36)21-28(23-8-3-1-4-9-23)24-10-5-2-6-11-24/h1-6,8-11,16-18,27-29,39H,7,12-15,19-21H2,(H,38,41)(H4,35,36,37)/t27-,29-/m0/s1. The second kappa shape index (κ2) is 15.9. The van der Waals surface area contributed by atoms with E-state index in [1.807, 2.05) is 53.4 Å². The van der Waals surface area contributed by atoms with Gasteiger partial charge in [-0.3, -0.25) is 14.6 Å². The molecular formula is C32H38ClIN6O2. The molecule has 0 saturated carbocycles. The van der Waals surface area contributed by atoms with Crippen molar-refractivity contribution in [2.45, 2.75) is 41.7 Å². The van der Waals surface area contributed by atoms with Crippen LogP contribution in [-0.4, -0.2) is 60.9 Å². The van der Waals surface area contributed by atoms with Crippen LogP contribution in [0.5, 0.6) is 0 Å². The molecule has 1 heterocycles. The minimum absolute atomic E-state index is 0.0322. The van der Waals surface area contributed by atoms with Crippen molar-refractivity contribution in [3.05, 3.63) is 106 Å². The highest BCUT2D eigenvalue weighted by atomic mass is 127.